The summed E-state index contributed by atoms with van der Waals surface area (Å²) < 4.78 is 10.1. The number of hydrogen-bond donors (Lipinski definition) is 0. The lowest BCUT2D eigenvalue weighted by molar-refractivity contribution is -0.384. The molecule has 0 bridgehead atoms. The number of hydrogen-bond acceptors (Lipinski definition) is 7. The molecule has 0 aliphatic carbocycles. The van der Waals surface area contributed by atoms with Crippen LogP contribution < -0.4 is 5.30 Å². The normalized spacial score (nSPS) is 18.0. The van der Waals surface area contributed by atoms with E-state index in [2.05, 4.69) is 20.8 Å². The zero-order chi connectivity index (χ0) is 21.2. The maximum atomic E-state index is 11.0. The average Bonchev–Trinajstić information content (AvgIpc) is 3.03. The van der Waals surface area contributed by atoms with E-state index in [1.807, 2.05) is 20.8 Å². The van der Waals surface area contributed by atoms with Crippen LogP contribution in [0, 0.1) is 28.4 Å². The molecule has 1 unspecified atom stereocenters. The van der Waals surface area contributed by atoms with Gasteiger partial charge in [-0.1, -0.05) is 13.8 Å². The van der Waals surface area contributed by atoms with Crippen molar-refractivity contribution in [2.75, 3.05) is 13.1 Å². The van der Waals surface area contributed by atoms with Gasteiger partial charge in [0.1, 0.15) is 5.30 Å². The number of rotatable bonds is 7. The molecule has 3 rings (SSSR count). The molecule has 2 aromatic rings. The first kappa shape index (κ1) is 21.1. The Hall–Kier alpha value is -2.60. The highest BCUT2D eigenvalue weighted by atomic mass is 32.4. The lowest BCUT2D eigenvalue weighted by Gasteiger charge is -2.35. The summed E-state index contributed by atoms with van der Waals surface area (Å²) in [6.07, 6.45) is -2.38. The van der Waals surface area contributed by atoms with Crippen LogP contribution in [-0.2, 0) is 22.9 Å². The molecule has 9 nitrogen and oxygen atoms in total. The number of nitriles is 1. The van der Waals surface area contributed by atoms with Gasteiger partial charge in [0.2, 0.25) is 12.3 Å². The van der Waals surface area contributed by atoms with E-state index in [0.29, 0.717) is 43.3 Å². The SMILES string of the molecule is CCN(CC)P1(=S)OC(c2ccc([N+](=O)[O-])cc2)=Nc2c1c(C)nn2CCC#N. The predicted molar refractivity (Wildman–Crippen MR) is 114 cm³/mol. The average molecular weight is 432 g/mol. The second-order valence-corrected chi connectivity index (χ2v) is 10.1. The lowest BCUT2D eigenvalue weighted by atomic mass is 10.2. The van der Waals surface area contributed by atoms with Crippen LogP contribution >= 0.6 is 6.42 Å². The third-order valence-electron chi connectivity index (χ3n) is 4.63. The molecule has 0 spiro atoms. The number of benzene rings is 1. The van der Waals surface area contributed by atoms with Gasteiger partial charge in [-0.15, -0.1) is 0 Å². The van der Waals surface area contributed by atoms with Crippen LogP contribution in [0.1, 0.15) is 31.5 Å². The summed E-state index contributed by atoms with van der Waals surface area (Å²) in [7, 11) is 0. The number of non-ortho nitro benzene ring substituents is 1. The number of nitro groups is 1. The molecule has 0 saturated carbocycles. The highest BCUT2D eigenvalue weighted by Gasteiger charge is 2.40. The van der Waals surface area contributed by atoms with Crippen LogP contribution in [0.4, 0.5) is 11.5 Å². The van der Waals surface area contributed by atoms with Crippen molar-refractivity contribution in [1.29, 1.82) is 5.26 Å². The molecule has 1 atom stereocenters. The third kappa shape index (κ3) is 3.81. The summed E-state index contributed by atoms with van der Waals surface area (Å²) in [5, 5.41) is 25.3. The summed E-state index contributed by atoms with van der Waals surface area (Å²) in [6, 6.07) is 8.16. The van der Waals surface area contributed by atoms with E-state index in [0.717, 1.165) is 11.0 Å². The summed E-state index contributed by atoms with van der Waals surface area (Å²) in [4.78, 5) is 15.2. The molecule has 1 aromatic carbocycles. The van der Waals surface area contributed by atoms with E-state index in [4.69, 9.17) is 21.6 Å². The third-order valence-corrected chi connectivity index (χ3v) is 8.92. The van der Waals surface area contributed by atoms with Crippen molar-refractivity contribution in [2.24, 2.45) is 4.99 Å². The zero-order valence-corrected chi connectivity index (χ0v) is 18.1. The van der Waals surface area contributed by atoms with Crippen LogP contribution in [0.2, 0.25) is 0 Å². The van der Waals surface area contributed by atoms with Gasteiger partial charge in [-0.2, -0.15) is 15.4 Å². The number of nitro benzene ring substituents is 1. The lowest BCUT2D eigenvalue weighted by Crippen LogP contribution is -2.32. The second-order valence-electron chi connectivity index (χ2n) is 6.36. The van der Waals surface area contributed by atoms with E-state index < -0.39 is 11.3 Å². The second kappa shape index (κ2) is 8.41. The Morgan fingerprint density at radius 3 is 2.55 bits per heavy atom. The number of aryl methyl sites for hydroxylation is 2. The van der Waals surface area contributed by atoms with Gasteiger partial charge < -0.3 is 4.52 Å². The topological polar surface area (TPSA) is 110 Å². The van der Waals surface area contributed by atoms with E-state index in [9.17, 15) is 10.1 Å². The minimum Gasteiger partial charge on any atom is -0.431 e. The Morgan fingerprint density at radius 1 is 1.34 bits per heavy atom. The molecule has 29 heavy (non-hydrogen) atoms. The summed E-state index contributed by atoms with van der Waals surface area (Å²) in [6.45, 7) is 7.72. The summed E-state index contributed by atoms with van der Waals surface area (Å²) in [5.41, 5.74) is 1.34. The van der Waals surface area contributed by atoms with Gasteiger partial charge in [0, 0.05) is 30.8 Å². The van der Waals surface area contributed by atoms with Gasteiger partial charge in [0.25, 0.3) is 5.69 Å². The van der Waals surface area contributed by atoms with Gasteiger partial charge >= 0.3 is 0 Å². The van der Waals surface area contributed by atoms with Gasteiger partial charge in [0.05, 0.1) is 29.7 Å². The van der Waals surface area contributed by atoms with Crippen molar-refractivity contribution in [1.82, 2.24) is 14.5 Å². The Balaban J connectivity index is 2.18. The maximum absolute atomic E-state index is 11.0. The molecule has 0 N–H and O–H groups in total. The Morgan fingerprint density at radius 2 is 2.00 bits per heavy atom. The Labute approximate surface area is 173 Å². The molecule has 0 radical (unpaired) electrons. The number of fused-ring (bicyclic) bond motifs is 1. The first-order valence-corrected chi connectivity index (χ1v) is 11.9. The number of nitrogens with zero attached hydrogens (tertiary/aromatic N) is 6. The van der Waals surface area contributed by atoms with E-state index in [1.165, 1.54) is 12.1 Å². The number of aliphatic imine (C=N–C) groups is 1. The standard InChI is InChI=1S/C18H21N6O3PS/c1-4-22(5-2)28(29)16-13(3)21-23(12-6-11-19)17(16)20-18(27-28)14-7-9-15(10-8-14)24(25)26/h7-10H,4-6,12H2,1-3H3. The molecule has 0 saturated heterocycles. The minimum absolute atomic E-state index is 0.0102. The van der Waals surface area contributed by atoms with Crippen LogP contribution in [0.5, 0.6) is 0 Å². The van der Waals surface area contributed by atoms with Crippen LogP contribution in [-0.4, -0.2) is 38.4 Å². The molecule has 152 valence electrons. The van der Waals surface area contributed by atoms with Crippen LogP contribution in [0.15, 0.2) is 29.3 Å². The van der Waals surface area contributed by atoms with Gasteiger partial charge in [-0.3, -0.25) is 10.1 Å². The molecule has 1 aliphatic heterocycles. The van der Waals surface area contributed by atoms with E-state index in [-0.39, 0.29) is 5.69 Å². The molecule has 2 heterocycles. The van der Waals surface area contributed by atoms with Crippen molar-refractivity contribution in [3.63, 3.8) is 0 Å². The van der Waals surface area contributed by atoms with E-state index >= 15 is 0 Å². The van der Waals surface area contributed by atoms with Gasteiger partial charge in [0.15, 0.2) is 5.82 Å². The Kier molecular flexibility index (Phi) is 6.13. The van der Waals surface area contributed by atoms with Crippen LogP contribution in [0.3, 0.4) is 0 Å². The molecular weight excluding hydrogens is 411 g/mol. The largest absolute Gasteiger partial charge is 0.431 e. The molecule has 1 aliphatic rings. The first-order chi connectivity index (χ1) is 13.8. The van der Waals surface area contributed by atoms with Crippen molar-refractivity contribution < 1.29 is 9.45 Å². The fourth-order valence-corrected chi connectivity index (χ4v) is 7.26. The maximum Gasteiger partial charge on any atom is 0.269 e. The monoisotopic (exact) mass is 432 g/mol. The molecular formula is C18H21N6O3PS. The van der Waals surface area contributed by atoms with Crippen molar-refractivity contribution in [2.45, 2.75) is 33.7 Å². The minimum atomic E-state index is -2.68. The highest BCUT2D eigenvalue weighted by Crippen LogP contribution is 2.55. The Bertz CT molecular complexity index is 1050. The smallest absolute Gasteiger partial charge is 0.269 e. The van der Waals surface area contributed by atoms with Crippen molar-refractivity contribution >= 4 is 40.9 Å². The number of aromatic nitrogens is 2. The zero-order valence-electron chi connectivity index (χ0n) is 16.4. The quantitative estimate of drug-likeness (QED) is 0.375. The van der Waals surface area contributed by atoms with Crippen molar-refractivity contribution in [3.05, 3.63) is 45.6 Å². The highest BCUT2D eigenvalue weighted by molar-refractivity contribution is 8.15. The summed E-state index contributed by atoms with van der Waals surface area (Å²) >= 11 is 6.09. The molecule has 1 aromatic heterocycles. The predicted octanol–water partition coefficient (Wildman–Crippen LogP) is 3.40. The van der Waals surface area contributed by atoms with Crippen LogP contribution in [0.25, 0.3) is 0 Å². The van der Waals surface area contributed by atoms with Gasteiger partial charge in [-0.25, -0.2) is 9.35 Å². The van der Waals surface area contributed by atoms with Gasteiger partial charge in [-0.05, 0) is 30.9 Å². The first-order valence-electron chi connectivity index (χ1n) is 9.19. The molecule has 0 fully saturated rings. The fourth-order valence-electron chi connectivity index (χ4n) is 3.23. The fraction of sp³-hybridized carbons (Fsp3) is 0.389. The molecule has 11 heteroatoms. The molecule has 0 amide bonds. The summed E-state index contributed by atoms with van der Waals surface area (Å²) in [5.74, 6) is 0.924. The van der Waals surface area contributed by atoms with Crippen molar-refractivity contribution in [3.8, 4) is 6.07 Å². The van der Waals surface area contributed by atoms with E-state index in [1.54, 1.807) is 16.8 Å².